The fraction of sp³-hybridized carbons (Fsp3) is 0.684. The van der Waals surface area contributed by atoms with Crippen LogP contribution in [0.3, 0.4) is 0 Å². The summed E-state index contributed by atoms with van der Waals surface area (Å²) >= 11 is 0. The van der Waals surface area contributed by atoms with E-state index >= 15 is 0 Å². The molecule has 0 saturated carbocycles. The van der Waals surface area contributed by atoms with Crippen LogP contribution in [0.5, 0.6) is 0 Å². The van der Waals surface area contributed by atoms with E-state index < -0.39 is 6.10 Å². The Hall–Kier alpha value is -0.860. The van der Waals surface area contributed by atoms with Crippen molar-refractivity contribution in [3.8, 4) is 0 Å². The molecule has 0 bridgehead atoms. The lowest BCUT2D eigenvalue weighted by atomic mass is 9.90. The molecule has 118 valence electrons. The summed E-state index contributed by atoms with van der Waals surface area (Å²) < 4.78 is 0. The number of benzene rings is 1. The minimum absolute atomic E-state index is 0.218. The molecule has 1 aliphatic rings. The second-order valence-corrected chi connectivity index (χ2v) is 6.74. The van der Waals surface area contributed by atoms with Crippen LogP contribution in [0.2, 0.25) is 0 Å². The lowest BCUT2D eigenvalue weighted by Gasteiger charge is -2.41. The highest BCUT2D eigenvalue weighted by atomic mass is 16.3. The molecular formula is C19H31NO. The first kappa shape index (κ1) is 16.5. The molecule has 1 N–H and O–H groups in total. The maximum atomic E-state index is 11.0. The van der Waals surface area contributed by atoms with Gasteiger partial charge in [-0.05, 0) is 37.3 Å². The Morgan fingerprint density at radius 2 is 1.86 bits per heavy atom. The highest BCUT2D eigenvalue weighted by molar-refractivity contribution is 5.19. The fourth-order valence-corrected chi connectivity index (χ4v) is 3.81. The third-order valence-corrected chi connectivity index (χ3v) is 4.92. The Morgan fingerprint density at radius 3 is 2.48 bits per heavy atom. The van der Waals surface area contributed by atoms with Crippen molar-refractivity contribution in [2.45, 2.75) is 71.1 Å². The number of nitrogens with zero attached hydrogens (tertiary/aromatic N) is 1. The molecule has 1 heterocycles. The SMILES string of the molecule is CCC1CCCCCN1C(C(C)C)C(O)c1ccccc1. The first-order valence-corrected chi connectivity index (χ1v) is 8.64. The molecule has 0 amide bonds. The molecule has 1 aromatic carbocycles. The van der Waals surface area contributed by atoms with Gasteiger partial charge in [0.05, 0.1) is 6.10 Å². The van der Waals surface area contributed by atoms with Crippen LogP contribution in [0.1, 0.15) is 64.5 Å². The average molecular weight is 289 g/mol. The topological polar surface area (TPSA) is 23.5 Å². The van der Waals surface area contributed by atoms with E-state index in [1.165, 1.54) is 32.1 Å². The molecule has 2 rings (SSSR count). The van der Waals surface area contributed by atoms with E-state index in [1.54, 1.807) is 0 Å². The van der Waals surface area contributed by atoms with Gasteiger partial charge in [-0.2, -0.15) is 0 Å². The summed E-state index contributed by atoms with van der Waals surface area (Å²) in [5, 5.41) is 11.0. The molecule has 3 unspecified atom stereocenters. The van der Waals surface area contributed by atoms with Gasteiger partial charge < -0.3 is 5.11 Å². The van der Waals surface area contributed by atoms with E-state index in [0.717, 1.165) is 12.1 Å². The van der Waals surface area contributed by atoms with Gasteiger partial charge in [-0.25, -0.2) is 0 Å². The predicted molar refractivity (Wildman–Crippen MR) is 89.3 cm³/mol. The van der Waals surface area contributed by atoms with E-state index in [9.17, 15) is 5.11 Å². The van der Waals surface area contributed by atoms with Crippen LogP contribution < -0.4 is 0 Å². The molecule has 21 heavy (non-hydrogen) atoms. The molecule has 2 heteroatoms. The van der Waals surface area contributed by atoms with Gasteiger partial charge in [-0.15, -0.1) is 0 Å². The quantitative estimate of drug-likeness (QED) is 0.868. The maximum Gasteiger partial charge on any atom is 0.0947 e. The highest BCUT2D eigenvalue weighted by Crippen LogP contribution is 2.32. The van der Waals surface area contributed by atoms with Crippen molar-refractivity contribution in [1.29, 1.82) is 0 Å². The van der Waals surface area contributed by atoms with E-state index in [2.05, 4.69) is 37.8 Å². The molecule has 3 atom stereocenters. The summed E-state index contributed by atoms with van der Waals surface area (Å²) in [4.78, 5) is 2.61. The largest absolute Gasteiger partial charge is 0.387 e. The smallest absolute Gasteiger partial charge is 0.0947 e. The van der Waals surface area contributed by atoms with E-state index in [1.807, 2.05) is 18.2 Å². The molecule has 1 aliphatic heterocycles. The summed E-state index contributed by atoms with van der Waals surface area (Å²) in [6.07, 6.45) is 6.01. The average Bonchev–Trinajstić information content (AvgIpc) is 2.73. The van der Waals surface area contributed by atoms with Gasteiger partial charge in [0.25, 0.3) is 0 Å². The molecule has 0 spiro atoms. The Bertz CT molecular complexity index is 403. The van der Waals surface area contributed by atoms with Crippen LogP contribution in [0, 0.1) is 5.92 Å². The fourth-order valence-electron chi connectivity index (χ4n) is 3.81. The van der Waals surface area contributed by atoms with Gasteiger partial charge in [0.2, 0.25) is 0 Å². The summed E-state index contributed by atoms with van der Waals surface area (Å²) in [6.45, 7) is 7.91. The Morgan fingerprint density at radius 1 is 1.14 bits per heavy atom. The zero-order chi connectivity index (χ0) is 15.2. The van der Waals surface area contributed by atoms with Crippen molar-refractivity contribution in [3.63, 3.8) is 0 Å². The number of rotatable bonds is 5. The summed E-state index contributed by atoms with van der Waals surface area (Å²) in [6, 6.07) is 11.0. The van der Waals surface area contributed by atoms with E-state index in [-0.39, 0.29) is 6.04 Å². The lowest BCUT2D eigenvalue weighted by molar-refractivity contribution is -0.00142. The molecule has 0 radical (unpaired) electrons. The normalized spacial score (nSPS) is 23.8. The highest BCUT2D eigenvalue weighted by Gasteiger charge is 2.34. The minimum atomic E-state index is -0.390. The van der Waals surface area contributed by atoms with Crippen molar-refractivity contribution < 1.29 is 5.11 Å². The van der Waals surface area contributed by atoms with Gasteiger partial charge in [0, 0.05) is 12.1 Å². The molecule has 2 nitrogen and oxygen atoms in total. The van der Waals surface area contributed by atoms with Crippen molar-refractivity contribution in [2.75, 3.05) is 6.54 Å². The second-order valence-electron chi connectivity index (χ2n) is 6.74. The Balaban J connectivity index is 2.24. The molecule has 1 aromatic rings. The first-order valence-electron chi connectivity index (χ1n) is 8.64. The molecular weight excluding hydrogens is 258 g/mol. The van der Waals surface area contributed by atoms with Gasteiger partial charge >= 0.3 is 0 Å². The van der Waals surface area contributed by atoms with Gasteiger partial charge in [-0.3, -0.25) is 4.90 Å². The van der Waals surface area contributed by atoms with Gasteiger partial charge in [0.15, 0.2) is 0 Å². The Kier molecular flexibility index (Phi) is 6.25. The molecule has 1 saturated heterocycles. The second kappa shape index (κ2) is 7.95. The van der Waals surface area contributed by atoms with Gasteiger partial charge in [-0.1, -0.05) is 63.9 Å². The van der Waals surface area contributed by atoms with Crippen molar-refractivity contribution >= 4 is 0 Å². The number of aliphatic hydroxyl groups is 1. The molecule has 0 aliphatic carbocycles. The summed E-state index contributed by atoms with van der Waals surface area (Å²) in [7, 11) is 0. The van der Waals surface area contributed by atoms with Crippen LogP contribution >= 0.6 is 0 Å². The zero-order valence-electron chi connectivity index (χ0n) is 13.8. The van der Waals surface area contributed by atoms with Gasteiger partial charge in [0.1, 0.15) is 0 Å². The van der Waals surface area contributed by atoms with Crippen LogP contribution in [0.25, 0.3) is 0 Å². The monoisotopic (exact) mass is 289 g/mol. The molecule has 1 fully saturated rings. The maximum absolute atomic E-state index is 11.0. The third kappa shape index (κ3) is 4.08. The number of aliphatic hydroxyl groups excluding tert-OH is 1. The summed E-state index contributed by atoms with van der Waals surface area (Å²) in [5.41, 5.74) is 1.05. The lowest BCUT2D eigenvalue weighted by Crippen LogP contribution is -2.48. The van der Waals surface area contributed by atoms with Crippen LogP contribution in [0.4, 0.5) is 0 Å². The van der Waals surface area contributed by atoms with Crippen LogP contribution in [-0.2, 0) is 0 Å². The number of likely N-dealkylation sites (tertiary alicyclic amines) is 1. The predicted octanol–water partition coefficient (Wildman–Crippen LogP) is 4.40. The summed E-state index contributed by atoms with van der Waals surface area (Å²) in [5.74, 6) is 0.451. The standard InChI is InChI=1S/C19H31NO/c1-4-17-13-9-6-10-14-20(17)18(15(2)3)19(21)16-11-7-5-8-12-16/h5,7-8,11-12,15,17-19,21H,4,6,9-10,13-14H2,1-3H3. The van der Waals surface area contributed by atoms with Crippen LogP contribution in [0.15, 0.2) is 30.3 Å². The van der Waals surface area contributed by atoms with E-state index in [4.69, 9.17) is 0 Å². The third-order valence-electron chi connectivity index (χ3n) is 4.92. The first-order chi connectivity index (χ1) is 10.1. The van der Waals surface area contributed by atoms with Crippen molar-refractivity contribution in [3.05, 3.63) is 35.9 Å². The number of hydrogen-bond donors (Lipinski definition) is 1. The van der Waals surface area contributed by atoms with Crippen molar-refractivity contribution in [2.24, 2.45) is 5.92 Å². The Labute approximate surface area is 130 Å². The van der Waals surface area contributed by atoms with Crippen LogP contribution in [-0.4, -0.2) is 28.6 Å². The van der Waals surface area contributed by atoms with Crippen molar-refractivity contribution in [1.82, 2.24) is 4.90 Å². The molecule has 0 aromatic heterocycles. The minimum Gasteiger partial charge on any atom is -0.387 e. The zero-order valence-corrected chi connectivity index (χ0v) is 13.8. The van der Waals surface area contributed by atoms with E-state index in [0.29, 0.717) is 12.0 Å². The number of hydrogen-bond acceptors (Lipinski definition) is 2.